The van der Waals surface area contributed by atoms with E-state index in [9.17, 15) is 10.2 Å². The van der Waals surface area contributed by atoms with Crippen molar-refractivity contribution in [1.82, 2.24) is 0 Å². The maximum Gasteiger partial charge on any atom is 0.0729 e. The largest absolute Gasteiger partial charge is 0.393 e. The lowest BCUT2D eigenvalue weighted by Gasteiger charge is -2.37. The molecule has 3 atom stereocenters. The molecule has 0 aromatic heterocycles. The molecule has 0 aliphatic heterocycles. The van der Waals surface area contributed by atoms with Crippen LogP contribution in [-0.2, 0) is 0 Å². The molecule has 0 spiro atoms. The van der Waals surface area contributed by atoms with Gasteiger partial charge in [0.25, 0.3) is 0 Å². The molecule has 228 valence electrons. The van der Waals surface area contributed by atoms with Crippen molar-refractivity contribution in [3.8, 4) is 23.7 Å². The first-order chi connectivity index (χ1) is 19.6. The van der Waals surface area contributed by atoms with Crippen molar-refractivity contribution in [1.29, 1.82) is 0 Å². The maximum absolute atomic E-state index is 10.1. The first-order valence-corrected chi connectivity index (χ1v) is 15.7. The lowest BCUT2D eigenvalue weighted by atomic mass is 9.68. The predicted octanol–water partition coefficient (Wildman–Crippen LogP) is 9.75. The minimum atomic E-state index is -0.358. The lowest BCUT2D eigenvalue weighted by Crippen LogP contribution is -2.32. The van der Waals surface area contributed by atoms with Crippen LogP contribution in [0.1, 0.15) is 114 Å². The van der Waals surface area contributed by atoms with Crippen LogP contribution in [-0.4, -0.2) is 22.4 Å². The Labute approximate surface area is 258 Å². The van der Waals surface area contributed by atoms with Gasteiger partial charge in [0.15, 0.2) is 0 Å². The Bertz CT molecular complexity index is 1290. The van der Waals surface area contributed by atoms with E-state index >= 15 is 0 Å². The highest BCUT2D eigenvalue weighted by atomic mass is 16.3. The van der Waals surface area contributed by atoms with Crippen LogP contribution in [0.15, 0.2) is 81.5 Å². The summed E-state index contributed by atoms with van der Waals surface area (Å²) in [5, 5.41) is 20.1. The minimum Gasteiger partial charge on any atom is -0.393 e. The molecular weight excluding hydrogens is 512 g/mol. The minimum absolute atomic E-state index is 0.0201. The van der Waals surface area contributed by atoms with Gasteiger partial charge in [0.1, 0.15) is 0 Å². The molecule has 2 aliphatic rings. The summed E-state index contributed by atoms with van der Waals surface area (Å²) in [5.41, 5.74) is 8.37. The van der Waals surface area contributed by atoms with Crippen LogP contribution in [0.2, 0.25) is 0 Å². The quantitative estimate of drug-likeness (QED) is 0.132. The van der Waals surface area contributed by atoms with E-state index in [0.717, 1.165) is 56.1 Å². The fourth-order valence-corrected chi connectivity index (χ4v) is 6.22. The van der Waals surface area contributed by atoms with E-state index in [1.807, 2.05) is 6.08 Å². The van der Waals surface area contributed by atoms with Crippen LogP contribution in [0.3, 0.4) is 0 Å². The normalized spacial score (nSPS) is 25.0. The zero-order valence-corrected chi connectivity index (χ0v) is 28.1. The molecule has 0 saturated heterocycles. The van der Waals surface area contributed by atoms with E-state index in [0.29, 0.717) is 0 Å². The summed E-state index contributed by atoms with van der Waals surface area (Å²) < 4.78 is 0. The highest BCUT2D eigenvalue weighted by Crippen LogP contribution is 2.41. The van der Waals surface area contributed by atoms with Gasteiger partial charge in [0.2, 0.25) is 0 Å². The van der Waals surface area contributed by atoms with Crippen LogP contribution in [0.4, 0.5) is 0 Å². The highest BCUT2D eigenvalue weighted by molar-refractivity contribution is 5.44. The zero-order valence-electron chi connectivity index (χ0n) is 28.1. The van der Waals surface area contributed by atoms with Crippen molar-refractivity contribution in [2.24, 2.45) is 16.7 Å². The molecule has 0 unspecified atom stereocenters. The maximum atomic E-state index is 10.1. The van der Waals surface area contributed by atoms with Crippen molar-refractivity contribution in [3.63, 3.8) is 0 Å². The van der Waals surface area contributed by atoms with Crippen molar-refractivity contribution in [3.05, 3.63) is 81.5 Å². The third-order valence-corrected chi connectivity index (χ3v) is 8.44. The van der Waals surface area contributed by atoms with E-state index in [1.54, 1.807) is 0 Å². The number of aliphatic hydroxyl groups is 2. The van der Waals surface area contributed by atoms with Gasteiger partial charge >= 0.3 is 0 Å². The lowest BCUT2D eigenvalue weighted by molar-refractivity contribution is 0.117. The fraction of sp³-hybridized carbons (Fsp3) is 0.550. The van der Waals surface area contributed by atoms with E-state index in [4.69, 9.17) is 0 Å². The van der Waals surface area contributed by atoms with Gasteiger partial charge in [0, 0.05) is 16.9 Å². The van der Waals surface area contributed by atoms with E-state index in [2.05, 4.69) is 129 Å². The fourth-order valence-electron chi connectivity index (χ4n) is 6.22. The molecule has 42 heavy (non-hydrogen) atoms. The molecule has 0 heterocycles. The number of unbranched alkanes of at least 4 members (excludes halogenated alkanes) is 1. The molecule has 0 fully saturated rings. The predicted molar refractivity (Wildman–Crippen MR) is 182 cm³/mol. The molecule has 2 heteroatoms. The Balaban J connectivity index is 1.81. The Morgan fingerprint density at radius 3 is 2.26 bits per heavy atom. The Morgan fingerprint density at radius 2 is 1.60 bits per heavy atom. The van der Waals surface area contributed by atoms with Crippen LogP contribution < -0.4 is 0 Å². The Morgan fingerprint density at radius 1 is 0.905 bits per heavy atom. The van der Waals surface area contributed by atoms with E-state index < -0.39 is 0 Å². The van der Waals surface area contributed by atoms with Gasteiger partial charge in [-0.25, -0.2) is 0 Å². The van der Waals surface area contributed by atoms with Crippen LogP contribution in [0, 0.1) is 40.4 Å². The van der Waals surface area contributed by atoms with Crippen molar-refractivity contribution in [2.45, 2.75) is 126 Å². The van der Waals surface area contributed by atoms with Gasteiger partial charge in [-0.15, -0.1) is 0 Å². The molecule has 2 rings (SSSR count). The first-order valence-electron chi connectivity index (χ1n) is 15.7. The third-order valence-electron chi connectivity index (χ3n) is 8.44. The molecule has 2 aliphatic carbocycles. The Hall–Kier alpha value is -2.78. The van der Waals surface area contributed by atoms with Gasteiger partial charge in [-0.2, -0.15) is 0 Å². The summed E-state index contributed by atoms with van der Waals surface area (Å²) in [5.74, 6) is 13.7. The number of aliphatic hydroxyl groups excluding tert-OH is 2. The van der Waals surface area contributed by atoms with Crippen LogP contribution in [0.25, 0.3) is 0 Å². The number of rotatable bonds is 8. The standard InChI is InChI=1S/C40H56O2/c1-29(17-13-19-31(3)21-23-37-33(5)25-35(41)27-39(37,7)8)15-11-12-16-30(2)18-14-20-32(4)22-24-38-34(6)26-36(42)28-40(38,9)10/h13,15-17,19-20,25,35-37,41-42H,11-12,14,18,26-28H2,1-10H3/b17-13+,29-15+,30-16+,31-19+,32-20+/t35-,36-,37+/m1/s1. The van der Waals surface area contributed by atoms with Gasteiger partial charge in [0.05, 0.1) is 12.2 Å². The summed E-state index contributed by atoms with van der Waals surface area (Å²) in [6, 6.07) is 0. The Kier molecular flexibility index (Phi) is 13.6. The SMILES string of the molecule is CC1=C[C@@H](O)CC(C)(C)[C@H]1C#C/C(C)=C/C=C/C(C)=C/CC/C=C(\C)CC/C=C(\C)C#CC1=C(C)C[C@@H](O)CC1(C)C. The summed E-state index contributed by atoms with van der Waals surface area (Å²) in [6.45, 7) is 21.4. The summed E-state index contributed by atoms with van der Waals surface area (Å²) in [7, 11) is 0. The molecule has 0 aromatic carbocycles. The average Bonchev–Trinajstić information content (AvgIpc) is 2.84. The van der Waals surface area contributed by atoms with Gasteiger partial charge in [-0.1, -0.05) is 116 Å². The first kappa shape index (κ1) is 35.4. The van der Waals surface area contributed by atoms with Gasteiger partial charge < -0.3 is 10.2 Å². The highest BCUT2D eigenvalue weighted by Gasteiger charge is 2.35. The molecule has 2 N–H and O–H groups in total. The summed E-state index contributed by atoms with van der Waals surface area (Å²) in [6.07, 6.45) is 21.0. The van der Waals surface area contributed by atoms with Crippen molar-refractivity contribution in [2.75, 3.05) is 0 Å². The molecule has 0 radical (unpaired) electrons. The van der Waals surface area contributed by atoms with Gasteiger partial charge in [-0.05, 0) is 103 Å². The zero-order chi connectivity index (χ0) is 31.5. The third kappa shape index (κ3) is 11.8. The molecule has 0 aromatic rings. The van der Waals surface area contributed by atoms with Crippen molar-refractivity contribution < 1.29 is 10.2 Å². The second-order valence-corrected chi connectivity index (χ2v) is 13.9. The molecule has 2 nitrogen and oxygen atoms in total. The van der Waals surface area contributed by atoms with Crippen LogP contribution >= 0.6 is 0 Å². The van der Waals surface area contributed by atoms with E-state index in [1.165, 1.54) is 27.9 Å². The molecular formula is C40H56O2. The van der Waals surface area contributed by atoms with Gasteiger partial charge in [-0.3, -0.25) is 0 Å². The smallest absolute Gasteiger partial charge is 0.0729 e. The summed E-state index contributed by atoms with van der Waals surface area (Å²) >= 11 is 0. The molecule has 0 amide bonds. The van der Waals surface area contributed by atoms with Crippen LogP contribution in [0.5, 0.6) is 0 Å². The molecule has 0 bridgehead atoms. The number of hydrogen-bond donors (Lipinski definition) is 2. The molecule has 0 saturated carbocycles. The second-order valence-electron chi connectivity index (χ2n) is 13.9. The average molecular weight is 569 g/mol. The topological polar surface area (TPSA) is 40.5 Å². The number of allylic oxidation sites excluding steroid dienone is 12. The monoisotopic (exact) mass is 568 g/mol. The van der Waals surface area contributed by atoms with E-state index in [-0.39, 0.29) is 29.0 Å². The number of hydrogen-bond acceptors (Lipinski definition) is 2. The summed E-state index contributed by atoms with van der Waals surface area (Å²) in [4.78, 5) is 0. The van der Waals surface area contributed by atoms with Crippen molar-refractivity contribution >= 4 is 0 Å². The second kappa shape index (κ2) is 16.2.